The second kappa shape index (κ2) is 12.0. The van der Waals surface area contributed by atoms with Crippen LogP contribution in [-0.2, 0) is 11.8 Å². The first-order valence-electron chi connectivity index (χ1n) is 10.5. The predicted molar refractivity (Wildman–Crippen MR) is 140 cm³/mol. The first-order chi connectivity index (χ1) is 16.6. The summed E-state index contributed by atoms with van der Waals surface area (Å²) in [6, 6.07) is 9.25. The summed E-state index contributed by atoms with van der Waals surface area (Å²) in [7, 11) is 3.30. The quantitative estimate of drug-likeness (QED) is 0.331. The first kappa shape index (κ1) is 27.1. The Balaban J connectivity index is 1.69. The van der Waals surface area contributed by atoms with Crippen molar-refractivity contribution in [2.24, 2.45) is 13.0 Å². The van der Waals surface area contributed by atoms with E-state index < -0.39 is 6.04 Å². The summed E-state index contributed by atoms with van der Waals surface area (Å²) in [5, 5.41) is 15.9. The molecule has 3 aromatic rings. The topological polar surface area (TPSA) is 98.1 Å². The zero-order valence-electron chi connectivity index (χ0n) is 19.4. The van der Waals surface area contributed by atoms with Gasteiger partial charge in [-0.15, -0.1) is 10.2 Å². The maximum absolute atomic E-state index is 12.8. The molecule has 0 radical (unpaired) electrons. The van der Waals surface area contributed by atoms with Gasteiger partial charge in [0, 0.05) is 17.6 Å². The molecule has 0 bridgehead atoms. The molecular weight excluding hydrogens is 533 g/mol. The lowest BCUT2D eigenvalue weighted by atomic mass is 10.0. The third kappa shape index (κ3) is 6.82. The van der Waals surface area contributed by atoms with Gasteiger partial charge in [0.1, 0.15) is 5.75 Å². The number of carbonyl (C=O) groups is 2. The summed E-state index contributed by atoms with van der Waals surface area (Å²) in [6.07, 6.45) is 0. The van der Waals surface area contributed by atoms with Crippen molar-refractivity contribution in [1.29, 1.82) is 0 Å². The lowest BCUT2D eigenvalue weighted by molar-refractivity contribution is -0.113. The van der Waals surface area contributed by atoms with Gasteiger partial charge in [-0.25, -0.2) is 0 Å². The molecule has 0 saturated heterocycles. The van der Waals surface area contributed by atoms with Crippen LogP contribution < -0.4 is 15.4 Å². The number of aromatic nitrogens is 3. The van der Waals surface area contributed by atoms with Crippen LogP contribution in [0.5, 0.6) is 5.75 Å². The number of hydrogen-bond acceptors (Lipinski definition) is 6. The van der Waals surface area contributed by atoms with Gasteiger partial charge in [-0.1, -0.05) is 60.4 Å². The zero-order valence-corrected chi connectivity index (χ0v) is 22.5. The van der Waals surface area contributed by atoms with Crippen LogP contribution >= 0.6 is 46.6 Å². The lowest BCUT2D eigenvalue weighted by Gasteiger charge is -2.22. The third-order valence-corrected chi connectivity index (χ3v) is 7.04. The monoisotopic (exact) mass is 555 g/mol. The molecule has 1 heterocycles. The number of thioether (sulfide) groups is 1. The molecular formula is C23H24Cl3N5O3S. The molecule has 0 unspecified atom stereocenters. The Morgan fingerprint density at radius 1 is 1.09 bits per heavy atom. The Kier molecular flexibility index (Phi) is 9.29. The van der Waals surface area contributed by atoms with Gasteiger partial charge in [0.25, 0.3) is 5.91 Å². The average molecular weight is 557 g/mol. The van der Waals surface area contributed by atoms with Crippen molar-refractivity contribution >= 4 is 64.1 Å². The SMILES string of the molecule is COc1ccc(Cl)cc1NC(=O)CSc1nnc([C@H](NC(=O)c2ccc(Cl)c(Cl)c2)C(C)C)n1C. The number of carbonyl (C=O) groups excluding carboxylic acids is 2. The normalized spacial score (nSPS) is 11.9. The summed E-state index contributed by atoms with van der Waals surface area (Å²) in [6.45, 7) is 3.93. The van der Waals surface area contributed by atoms with Gasteiger partial charge >= 0.3 is 0 Å². The molecule has 12 heteroatoms. The molecule has 0 spiro atoms. The molecule has 35 heavy (non-hydrogen) atoms. The number of benzene rings is 2. The number of nitrogens with zero attached hydrogens (tertiary/aromatic N) is 3. The van der Waals surface area contributed by atoms with Crippen molar-refractivity contribution in [2.45, 2.75) is 25.0 Å². The van der Waals surface area contributed by atoms with Crippen molar-refractivity contribution < 1.29 is 14.3 Å². The highest BCUT2D eigenvalue weighted by atomic mass is 35.5. The van der Waals surface area contributed by atoms with E-state index >= 15 is 0 Å². The Hall–Kier alpha value is -2.46. The minimum Gasteiger partial charge on any atom is -0.495 e. The van der Waals surface area contributed by atoms with Crippen LogP contribution in [-0.4, -0.2) is 39.4 Å². The molecule has 2 N–H and O–H groups in total. The summed E-state index contributed by atoms with van der Waals surface area (Å²) >= 11 is 19.2. The molecule has 1 aromatic heterocycles. The van der Waals surface area contributed by atoms with Gasteiger partial charge < -0.3 is 19.9 Å². The van der Waals surface area contributed by atoms with Crippen LogP contribution in [0.4, 0.5) is 5.69 Å². The molecule has 186 valence electrons. The van der Waals surface area contributed by atoms with Crippen molar-refractivity contribution in [2.75, 3.05) is 18.2 Å². The highest BCUT2D eigenvalue weighted by Crippen LogP contribution is 2.29. The number of rotatable bonds is 9. The van der Waals surface area contributed by atoms with Gasteiger partial charge in [0.15, 0.2) is 11.0 Å². The van der Waals surface area contributed by atoms with Crippen LogP contribution in [0.25, 0.3) is 0 Å². The number of ether oxygens (including phenoxy) is 1. The molecule has 0 saturated carbocycles. The van der Waals surface area contributed by atoms with E-state index in [2.05, 4.69) is 20.8 Å². The Morgan fingerprint density at radius 2 is 1.83 bits per heavy atom. The number of amides is 2. The number of methoxy groups -OCH3 is 1. The molecule has 8 nitrogen and oxygen atoms in total. The average Bonchev–Trinajstić information content (AvgIpc) is 3.17. The van der Waals surface area contributed by atoms with Crippen LogP contribution in [0.3, 0.4) is 0 Å². The van der Waals surface area contributed by atoms with E-state index in [0.717, 1.165) is 0 Å². The highest BCUT2D eigenvalue weighted by molar-refractivity contribution is 7.99. The van der Waals surface area contributed by atoms with E-state index in [9.17, 15) is 9.59 Å². The summed E-state index contributed by atoms with van der Waals surface area (Å²) < 4.78 is 7.02. The number of anilines is 1. The van der Waals surface area contributed by atoms with Gasteiger partial charge in [0.2, 0.25) is 5.91 Å². The third-order valence-electron chi connectivity index (χ3n) is 5.05. The molecule has 0 aliphatic rings. The number of nitrogens with one attached hydrogen (secondary N) is 2. The highest BCUT2D eigenvalue weighted by Gasteiger charge is 2.25. The second-order valence-corrected chi connectivity index (χ2v) is 10.1. The summed E-state index contributed by atoms with van der Waals surface area (Å²) in [5.41, 5.74) is 0.865. The maximum Gasteiger partial charge on any atom is 0.251 e. The van der Waals surface area contributed by atoms with Gasteiger partial charge in [-0.3, -0.25) is 9.59 Å². The van der Waals surface area contributed by atoms with Crippen LogP contribution in [0.2, 0.25) is 15.1 Å². The molecule has 0 aliphatic heterocycles. The van der Waals surface area contributed by atoms with Gasteiger partial charge in [-0.05, 0) is 42.3 Å². The van der Waals surface area contributed by atoms with Crippen molar-refractivity contribution in [3.8, 4) is 5.75 Å². The minimum atomic E-state index is -0.423. The van der Waals surface area contributed by atoms with E-state index in [0.29, 0.717) is 43.0 Å². The fraction of sp³-hybridized carbons (Fsp3) is 0.304. The Labute approximate surface area is 222 Å². The van der Waals surface area contributed by atoms with Crippen molar-refractivity contribution in [3.63, 3.8) is 0 Å². The number of halogens is 3. The van der Waals surface area contributed by atoms with E-state index in [4.69, 9.17) is 39.5 Å². The fourth-order valence-electron chi connectivity index (χ4n) is 3.21. The fourth-order valence-corrected chi connectivity index (χ4v) is 4.40. The summed E-state index contributed by atoms with van der Waals surface area (Å²) in [5.74, 6) is 0.603. The lowest BCUT2D eigenvalue weighted by Crippen LogP contribution is -2.33. The smallest absolute Gasteiger partial charge is 0.251 e. The molecule has 0 aliphatic carbocycles. The second-order valence-electron chi connectivity index (χ2n) is 7.91. The molecule has 2 aromatic carbocycles. The van der Waals surface area contributed by atoms with Gasteiger partial charge in [0.05, 0.1) is 34.6 Å². The molecule has 3 rings (SSSR count). The zero-order chi connectivity index (χ0) is 25.7. The predicted octanol–water partition coefficient (Wildman–Crippen LogP) is 5.64. The van der Waals surface area contributed by atoms with Crippen molar-refractivity contribution in [1.82, 2.24) is 20.1 Å². The Bertz CT molecular complexity index is 1240. The van der Waals surface area contributed by atoms with E-state index in [1.807, 2.05) is 13.8 Å². The van der Waals surface area contributed by atoms with Crippen LogP contribution in [0.15, 0.2) is 41.6 Å². The van der Waals surface area contributed by atoms with E-state index in [-0.39, 0.29) is 23.5 Å². The van der Waals surface area contributed by atoms with Crippen LogP contribution in [0.1, 0.15) is 36.1 Å². The van der Waals surface area contributed by atoms with Crippen LogP contribution in [0, 0.1) is 5.92 Å². The van der Waals surface area contributed by atoms with Gasteiger partial charge in [-0.2, -0.15) is 0 Å². The molecule has 2 amide bonds. The largest absolute Gasteiger partial charge is 0.495 e. The standard InChI is InChI=1S/C23H24Cl3N5O3S/c1-12(2)20(28-22(33)13-5-7-15(25)16(26)9-13)21-29-30-23(31(21)3)35-11-19(32)27-17-10-14(24)6-8-18(17)34-4/h5-10,12,20H,11H2,1-4H3,(H,27,32)(H,28,33)/t20-/m1/s1. The number of hydrogen-bond donors (Lipinski definition) is 2. The summed E-state index contributed by atoms with van der Waals surface area (Å²) in [4.78, 5) is 25.3. The maximum atomic E-state index is 12.8. The molecule has 1 atom stereocenters. The Morgan fingerprint density at radius 3 is 2.49 bits per heavy atom. The first-order valence-corrected chi connectivity index (χ1v) is 12.6. The van der Waals surface area contributed by atoms with E-state index in [1.54, 1.807) is 41.9 Å². The van der Waals surface area contributed by atoms with Crippen molar-refractivity contribution in [3.05, 3.63) is 62.9 Å². The minimum absolute atomic E-state index is 0.0149. The molecule has 0 fully saturated rings. The van der Waals surface area contributed by atoms with E-state index in [1.165, 1.54) is 24.9 Å².